The van der Waals surface area contributed by atoms with E-state index in [1.165, 1.54) is 0 Å². The maximum atomic E-state index is 5.44. The van der Waals surface area contributed by atoms with Crippen molar-refractivity contribution in [2.45, 2.75) is 0 Å². The number of nitrogens with one attached hydrogen (secondary N) is 1. The van der Waals surface area contributed by atoms with E-state index in [9.17, 15) is 0 Å². The average Bonchev–Trinajstić information content (AvgIpc) is 2.56. The Balaban J connectivity index is 2.13. The molecule has 0 aliphatic carbocycles. The van der Waals surface area contributed by atoms with Crippen LogP contribution in [0.15, 0.2) is 60.7 Å². The molecule has 5 nitrogen and oxygen atoms in total. The summed E-state index contributed by atoms with van der Waals surface area (Å²) in [5, 5.41) is 0. The number of nitrogens with zero attached hydrogens (tertiary/aromatic N) is 3. The van der Waals surface area contributed by atoms with Crippen LogP contribution in [0.2, 0.25) is 0 Å². The van der Waals surface area contributed by atoms with Gasteiger partial charge in [-0.05, 0) is 0 Å². The second-order valence-corrected chi connectivity index (χ2v) is 4.18. The van der Waals surface area contributed by atoms with Crippen molar-refractivity contribution in [1.82, 2.24) is 15.0 Å². The molecular weight excluding hydrogens is 250 g/mol. The highest BCUT2D eigenvalue weighted by Crippen LogP contribution is 2.20. The SMILES string of the molecule is NNc1nc(-c2ccccc2)nc(-c2ccccc2)n1. The zero-order valence-corrected chi connectivity index (χ0v) is 10.7. The van der Waals surface area contributed by atoms with Gasteiger partial charge in [-0.3, -0.25) is 5.43 Å². The van der Waals surface area contributed by atoms with Crippen LogP contribution < -0.4 is 11.3 Å². The molecule has 1 aromatic heterocycles. The van der Waals surface area contributed by atoms with Crippen LogP contribution in [0.1, 0.15) is 0 Å². The van der Waals surface area contributed by atoms with E-state index in [2.05, 4.69) is 20.4 Å². The fourth-order valence-corrected chi connectivity index (χ4v) is 1.87. The summed E-state index contributed by atoms with van der Waals surface area (Å²) < 4.78 is 0. The summed E-state index contributed by atoms with van der Waals surface area (Å²) in [5.41, 5.74) is 4.33. The summed E-state index contributed by atoms with van der Waals surface area (Å²) in [6.45, 7) is 0. The molecule has 20 heavy (non-hydrogen) atoms. The van der Waals surface area contributed by atoms with E-state index in [0.29, 0.717) is 17.6 Å². The third-order valence-corrected chi connectivity index (χ3v) is 2.83. The first kappa shape index (κ1) is 12.3. The maximum absolute atomic E-state index is 5.44. The van der Waals surface area contributed by atoms with Gasteiger partial charge in [-0.25, -0.2) is 10.8 Å². The molecule has 3 rings (SSSR count). The molecule has 0 amide bonds. The summed E-state index contributed by atoms with van der Waals surface area (Å²) in [7, 11) is 0. The van der Waals surface area contributed by atoms with Crippen molar-refractivity contribution in [3.8, 4) is 22.8 Å². The molecule has 98 valence electrons. The highest BCUT2D eigenvalue weighted by atomic mass is 15.3. The molecule has 0 saturated heterocycles. The van der Waals surface area contributed by atoms with E-state index < -0.39 is 0 Å². The largest absolute Gasteiger partial charge is 0.292 e. The van der Waals surface area contributed by atoms with Crippen molar-refractivity contribution in [3.63, 3.8) is 0 Å². The fraction of sp³-hybridized carbons (Fsp3) is 0. The van der Waals surface area contributed by atoms with E-state index >= 15 is 0 Å². The molecule has 3 N–H and O–H groups in total. The van der Waals surface area contributed by atoms with Crippen LogP contribution in [0.25, 0.3) is 22.8 Å². The number of nitrogen functional groups attached to an aromatic ring is 1. The number of aromatic nitrogens is 3. The van der Waals surface area contributed by atoms with Gasteiger partial charge in [0.25, 0.3) is 0 Å². The van der Waals surface area contributed by atoms with Gasteiger partial charge in [0.1, 0.15) is 0 Å². The van der Waals surface area contributed by atoms with Crippen LogP contribution in [0.3, 0.4) is 0 Å². The Labute approximate surface area is 116 Å². The molecule has 0 unspecified atom stereocenters. The lowest BCUT2D eigenvalue weighted by Crippen LogP contribution is -2.12. The van der Waals surface area contributed by atoms with Crippen LogP contribution in [-0.2, 0) is 0 Å². The van der Waals surface area contributed by atoms with Gasteiger partial charge in [-0.15, -0.1) is 0 Å². The smallest absolute Gasteiger partial charge is 0.241 e. The second kappa shape index (κ2) is 5.46. The first-order valence-corrected chi connectivity index (χ1v) is 6.20. The molecule has 0 bridgehead atoms. The van der Waals surface area contributed by atoms with E-state index in [1.807, 2.05) is 60.7 Å². The van der Waals surface area contributed by atoms with Gasteiger partial charge in [0.15, 0.2) is 11.6 Å². The average molecular weight is 263 g/mol. The van der Waals surface area contributed by atoms with E-state index in [0.717, 1.165) is 11.1 Å². The highest BCUT2D eigenvalue weighted by Gasteiger charge is 2.09. The minimum absolute atomic E-state index is 0.345. The van der Waals surface area contributed by atoms with Gasteiger partial charge >= 0.3 is 0 Å². The monoisotopic (exact) mass is 263 g/mol. The molecule has 0 spiro atoms. The third kappa shape index (κ3) is 2.48. The van der Waals surface area contributed by atoms with Crippen LogP contribution in [-0.4, -0.2) is 15.0 Å². The maximum Gasteiger partial charge on any atom is 0.241 e. The van der Waals surface area contributed by atoms with Gasteiger partial charge < -0.3 is 0 Å². The number of rotatable bonds is 3. The predicted octanol–water partition coefficient (Wildman–Crippen LogP) is 2.49. The Kier molecular flexibility index (Phi) is 3.34. The normalized spacial score (nSPS) is 10.2. The third-order valence-electron chi connectivity index (χ3n) is 2.83. The molecule has 0 radical (unpaired) electrons. The molecule has 3 aromatic rings. The van der Waals surface area contributed by atoms with Gasteiger partial charge in [0, 0.05) is 11.1 Å². The van der Waals surface area contributed by atoms with Crippen molar-refractivity contribution in [2.75, 3.05) is 5.43 Å². The Hall–Kier alpha value is -2.79. The van der Waals surface area contributed by atoms with Crippen molar-refractivity contribution < 1.29 is 0 Å². The van der Waals surface area contributed by atoms with Crippen LogP contribution in [0.5, 0.6) is 0 Å². The number of benzene rings is 2. The number of hydrogen-bond acceptors (Lipinski definition) is 5. The topological polar surface area (TPSA) is 76.7 Å². The predicted molar refractivity (Wildman–Crippen MR) is 78.5 cm³/mol. The number of hydrogen-bond donors (Lipinski definition) is 2. The highest BCUT2D eigenvalue weighted by molar-refractivity contribution is 5.62. The number of anilines is 1. The van der Waals surface area contributed by atoms with E-state index in [-0.39, 0.29) is 0 Å². The standard InChI is InChI=1S/C15H13N5/c16-20-15-18-13(11-7-3-1-4-8-11)17-14(19-15)12-9-5-2-6-10-12/h1-10H,16H2,(H,17,18,19,20). The minimum atomic E-state index is 0.345. The molecule has 0 fully saturated rings. The molecule has 0 atom stereocenters. The van der Waals surface area contributed by atoms with Crippen molar-refractivity contribution in [3.05, 3.63) is 60.7 Å². The molecule has 0 saturated carbocycles. The lowest BCUT2D eigenvalue weighted by molar-refractivity contribution is 1.05. The number of nitrogens with two attached hydrogens (primary N) is 1. The lowest BCUT2D eigenvalue weighted by atomic mass is 10.2. The molecule has 2 aromatic carbocycles. The summed E-state index contributed by atoms with van der Waals surface area (Å²) >= 11 is 0. The summed E-state index contributed by atoms with van der Waals surface area (Å²) in [5.74, 6) is 6.97. The second-order valence-electron chi connectivity index (χ2n) is 4.18. The lowest BCUT2D eigenvalue weighted by Gasteiger charge is -2.06. The van der Waals surface area contributed by atoms with Crippen molar-refractivity contribution in [1.29, 1.82) is 0 Å². The fourth-order valence-electron chi connectivity index (χ4n) is 1.87. The van der Waals surface area contributed by atoms with Crippen molar-refractivity contribution >= 4 is 5.95 Å². The van der Waals surface area contributed by atoms with Crippen LogP contribution in [0.4, 0.5) is 5.95 Å². The van der Waals surface area contributed by atoms with Crippen LogP contribution >= 0.6 is 0 Å². The first-order chi connectivity index (χ1) is 9.86. The van der Waals surface area contributed by atoms with Gasteiger partial charge in [0.2, 0.25) is 5.95 Å². The Morgan fingerprint density at radius 2 is 1.10 bits per heavy atom. The molecule has 0 aliphatic rings. The van der Waals surface area contributed by atoms with Crippen molar-refractivity contribution in [2.24, 2.45) is 5.84 Å². The molecule has 0 aliphatic heterocycles. The van der Waals surface area contributed by atoms with E-state index in [4.69, 9.17) is 5.84 Å². The Bertz CT molecular complexity index is 640. The van der Waals surface area contributed by atoms with Gasteiger partial charge in [-0.2, -0.15) is 9.97 Å². The van der Waals surface area contributed by atoms with E-state index in [1.54, 1.807) is 0 Å². The molecule has 1 heterocycles. The molecular formula is C15H13N5. The minimum Gasteiger partial charge on any atom is -0.292 e. The van der Waals surface area contributed by atoms with Crippen LogP contribution in [0, 0.1) is 0 Å². The first-order valence-electron chi connectivity index (χ1n) is 6.20. The van der Waals surface area contributed by atoms with Gasteiger partial charge in [0.05, 0.1) is 0 Å². The summed E-state index contributed by atoms with van der Waals surface area (Å²) in [4.78, 5) is 13.1. The zero-order chi connectivity index (χ0) is 13.8. The Morgan fingerprint density at radius 1 is 0.650 bits per heavy atom. The quantitative estimate of drug-likeness (QED) is 0.561. The molecule has 5 heteroatoms. The Morgan fingerprint density at radius 3 is 1.50 bits per heavy atom. The summed E-state index contributed by atoms with van der Waals surface area (Å²) in [6.07, 6.45) is 0. The zero-order valence-electron chi connectivity index (χ0n) is 10.7. The summed E-state index contributed by atoms with van der Waals surface area (Å²) in [6, 6.07) is 19.5. The van der Waals surface area contributed by atoms with Gasteiger partial charge in [-0.1, -0.05) is 60.7 Å². The number of hydrazine groups is 1.